The smallest absolute Gasteiger partial charge is 0.125 e. The van der Waals surface area contributed by atoms with E-state index in [0.717, 1.165) is 41.7 Å². The molecule has 3 heterocycles. The maximum Gasteiger partial charge on any atom is 0.125 e. The molecule has 1 aliphatic rings. The van der Waals surface area contributed by atoms with E-state index in [0.29, 0.717) is 5.92 Å². The summed E-state index contributed by atoms with van der Waals surface area (Å²) >= 11 is 0. The molecular weight excluding hydrogens is 279 g/mol. The third-order valence-electron chi connectivity index (χ3n) is 4.49. The summed E-state index contributed by atoms with van der Waals surface area (Å²) in [5.41, 5.74) is 2.97. The third kappa shape index (κ3) is 2.52. The maximum atomic E-state index is 13.3. The molecule has 0 spiro atoms. The first-order chi connectivity index (χ1) is 10.8. The minimum atomic E-state index is -0.220. The maximum absolute atomic E-state index is 13.3. The Labute approximate surface area is 128 Å². The van der Waals surface area contributed by atoms with E-state index in [1.807, 2.05) is 23.1 Å². The molecule has 3 aromatic rings. The second-order valence-electron chi connectivity index (χ2n) is 6.04. The molecule has 2 aromatic heterocycles. The number of hydrogen-bond donors (Lipinski definition) is 2. The standard InChI is InChI=1S/C17H19FN4/c18-14-1-2-15-16(9-20-17(15)7-14)13-8-21-22(11-13)10-12-3-5-19-6-4-12/h1-2,7-9,11-12,19-20H,3-6,10H2. The monoisotopic (exact) mass is 298 g/mol. The van der Waals surface area contributed by atoms with E-state index in [1.54, 1.807) is 0 Å². The van der Waals surface area contributed by atoms with Gasteiger partial charge < -0.3 is 10.3 Å². The highest BCUT2D eigenvalue weighted by atomic mass is 19.1. The largest absolute Gasteiger partial charge is 0.360 e. The number of piperidine rings is 1. The van der Waals surface area contributed by atoms with Gasteiger partial charge in [-0.3, -0.25) is 4.68 Å². The molecule has 22 heavy (non-hydrogen) atoms. The number of nitrogens with one attached hydrogen (secondary N) is 2. The van der Waals surface area contributed by atoms with Gasteiger partial charge in [-0.2, -0.15) is 5.10 Å². The third-order valence-corrected chi connectivity index (χ3v) is 4.49. The van der Waals surface area contributed by atoms with Crippen molar-refractivity contribution >= 4 is 10.9 Å². The van der Waals surface area contributed by atoms with Crippen LogP contribution < -0.4 is 5.32 Å². The number of benzene rings is 1. The molecule has 4 nitrogen and oxygen atoms in total. The average molecular weight is 298 g/mol. The lowest BCUT2D eigenvalue weighted by Gasteiger charge is -2.22. The van der Waals surface area contributed by atoms with Gasteiger partial charge in [0, 0.05) is 41.0 Å². The quantitative estimate of drug-likeness (QED) is 0.780. The number of rotatable bonds is 3. The zero-order valence-electron chi connectivity index (χ0n) is 12.3. The fourth-order valence-corrected chi connectivity index (χ4v) is 3.27. The summed E-state index contributed by atoms with van der Waals surface area (Å²) in [4.78, 5) is 3.13. The molecular formula is C17H19FN4. The average Bonchev–Trinajstić information content (AvgIpc) is 3.14. The van der Waals surface area contributed by atoms with E-state index in [1.165, 1.54) is 25.0 Å². The summed E-state index contributed by atoms with van der Waals surface area (Å²) in [5.74, 6) is 0.480. The molecule has 0 aliphatic carbocycles. The summed E-state index contributed by atoms with van der Waals surface area (Å²) in [6.45, 7) is 3.18. The number of halogens is 1. The van der Waals surface area contributed by atoms with Crippen LogP contribution in [0.2, 0.25) is 0 Å². The predicted molar refractivity (Wildman–Crippen MR) is 85.1 cm³/mol. The lowest BCUT2D eigenvalue weighted by molar-refractivity contribution is 0.321. The van der Waals surface area contributed by atoms with Crippen LogP contribution in [0.25, 0.3) is 22.0 Å². The van der Waals surface area contributed by atoms with Crippen LogP contribution >= 0.6 is 0 Å². The van der Waals surface area contributed by atoms with Gasteiger partial charge in [0.1, 0.15) is 5.82 Å². The molecule has 0 radical (unpaired) electrons. The Kier molecular flexibility index (Phi) is 3.42. The van der Waals surface area contributed by atoms with Crippen molar-refractivity contribution in [1.82, 2.24) is 20.1 Å². The molecule has 1 saturated heterocycles. The summed E-state index contributed by atoms with van der Waals surface area (Å²) < 4.78 is 15.3. The highest BCUT2D eigenvalue weighted by molar-refractivity contribution is 5.95. The number of H-pyrrole nitrogens is 1. The lowest BCUT2D eigenvalue weighted by atomic mass is 9.98. The van der Waals surface area contributed by atoms with E-state index in [-0.39, 0.29) is 5.82 Å². The van der Waals surface area contributed by atoms with E-state index >= 15 is 0 Å². The summed E-state index contributed by atoms with van der Waals surface area (Å²) in [6, 6.07) is 4.85. The Morgan fingerprint density at radius 2 is 2.14 bits per heavy atom. The lowest BCUT2D eigenvalue weighted by Crippen LogP contribution is -2.29. The fourth-order valence-electron chi connectivity index (χ4n) is 3.27. The van der Waals surface area contributed by atoms with Crippen molar-refractivity contribution in [3.8, 4) is 11.1 Å². The molecule has 4 rings (SSSR count). The molecule has 2 N–H and O–H groups in total. The zero-order valence-corrected chi connectivity index (χ0v) is 12.3. The molecule has 1 fully saturated rings. The van der Waals surface area contributed by atoms with Crippen LogP contribution in [0.5, 0.6) is 0 Å². The number of nitrogens with zero attached hydrogens (tertiary/aromatic N) is 2. The number of hydrogen-bond acceptors (Lipinski definition) is 2. The van der Waals surface area contributed by atoms with Crippen LogP contribution in [0.3, 0.4) is 0 Å². The van der Waals surface area contributed by atoms with Crippen LogP contribution in [0.1, 0.15) is 12.8 Å². The number of fused-ring (bicyclic) bond motifs is 1. The number of aromatic nitrogens is 3. The SMILES string of the molecule is Fc1ccc2c(-c3cnn(CC4CCNCC4)c3)c[nH]c2c1. The Hall–Kier alpha value is -2.14. The Morgan fingerprint density at radius 1 is 1.27 bits per heavy atom. The van der Waals surface area contributed by atoms with Crippen LogP contribution in [-0.2, 0) is 6.54 Å². The van der Waals surface area contributed by atoms with Crippen LogP contribution in [-0.4, -0.2) is 27.9 Å². The Bertz CT molecular complexity index is 783. The van der Waals surface area contributed by atoms with Gasteiger partial charge in [0.05, 0.1) is 6.20 Å². The van der Waals surface area contributed by atoms with E-state index < -0.39 is 0 Å². The molecule has 0 saturated carbocycles. The topological polar surface area (TPSA) is 45.6 Å². The van der Waals surface area contributed by atoms with Gasteiger partial charge in [-0.1, -0.05) is 0 Å². The fraction of sp³-hybridized carbons (Fsp3) is 0.353. The Balaban J connectivity index is 1.59. The highest BCUT2D eigenvalue weighted by Gasteiger charge is 2.15. The van der Waals surface area contributed by atoms with E-state index in [9.17, 15) is 4.39 Å². The minimum absolute atomic E-state index is 0.220. The van der Waals surface area contributed by atoms with Crippen molar-refractivity contribution in [3.05, 3.63) is 42.6 Å². The zero-order chi connectivity index (χ0) is 14.9. The second-order valence-corrected chi connectivity index (χ2v) is 6.04. The molecule has 0 atom stereocenters. The van der Waals surface area contributed by atoms with Crippen molar-refractivity contribution in [2.75, 3.05) is 13.1 Å². The van der Waals surface area contributed by atoms with Crippen molar-refractivity contribution < 1.29 is 4.39 Å². The first-order valence-corrected chi connectivity index (χ1v) is 7.80. The van der Waals surface area contributed by atoms with Gasteiger partial charge in [0.15, 0.2) is 0 Å². The van der Waals surface area contributed by atoms with Gasteiger partial charge in [-0.05, 0) is 50.0 Å². The van der Waals surface area contributed by atoms with Crippen molar-refractivity contribution in [3.63, 3.8) is 0 Å². The van der Waals surface area contributed by atoms with Crippen LogP contribution in [0, 0.1) is 11.7 Å². The molecule has 0 unspecified atom stereocenters. The van der Waals surface area contributed by atoms with Gasteiger partial charge in [-0.15, -0.1) is 0 Å². The normalized spacial score (nSPS) is 16.4. The Morgan fingerprint density at radius 3 is 3.00 bits per heavy atom. The summed E-state index contributed by atoms with van der Waals surface area (Å²) in [7, 11) is 0. The summed E-state index contributed by atoms with van der Waals surface area (Å²) in [5, 5.41) is 8.92. The van der Waals surface area contributed by atoms with Gasteiger partial charge in [0.2, 0.25) is 0 Å². The van der Waals surface area contributed by atoms with Crippen molar-refractivity contribution in [2.24, 2.45) is 5.92 Å². The summed E-state index contributed by atoms with van der Waals surface area (Å²) in [6.07, 6.45) is 8.33. The van der Waals surface area contributed by atoms with E-state index in [4.69, 9.17) is 0 Å². The molecule has 1 aliphatic heterocycles. The van der Waals surface area contributed by atoms with Gasteiger partial charge in [-0.25, -0.2) is 4.39 Å². The molecule has 0 amide bonds. The van der Waals surface area contributed by atoms with Crippen LogP contribution in [0.4, 0.5) is 4.39 Å². The molecule has 1 aromatic carbocycles. The highest BCUT2D eigenvalue weighted by Crippen LogP contribution is 2.29. The predicted octanol–water partition coefficient (Wildman–Crippen LogP) is 3.17. The van der Waals surface area contributed by atoms with Crippen molar-refractivity contribution in [2.45, 2.75) is 19.4 Å². The van der Waals surface area contributed by atoms with Gasteiger partial charge in [0.25, 0.3) is 0 Å². The first-order valence-electron chi connectivity index (χ1n) is 7.80. The second kappa shape index (κ2) is 5.57. The minimum Gasteiger partial charge on any atom is -0.360 e. The molecule has 114 valence electrons. The first kappa shape index (κ1) is 13.5. The molecule has 5 heteroatoms. The van der Waals surface area contributed by atoms with Crippen molar-refractivity contribution in [1.29, 1.82) is 0 Å². The van der Waals surface area contributed by atoms with Gasteiger partial charge >= 0.3 is 0 Å². The van der Waals surface area contributed by atoms with Crippen LogP contribution in [0.15, 0.2) is 36.8 Å². The van der Waals surface area contributed by atoms with E-state index in [2.05, 4.69) is 21.6 Å². The molecule has 0 bridgehead atoms. The number of aromatic amines is 1.